The first-order chi connectivity index (χ1) is 8.70. The molecule has 0 atom stereocenters. The van der Waals surface area contributed by atoms with Crippen LogP contribution in [0.4, 0.5) is 4.39 Å². The molecule has 2 aromatic rings. The van der Waals surface area contributed by atoms with Gasteiger partial charge in [0.05, 0.1) is 12.2 Å². The van der Waals surface area contributed by atoms with E-state index in [1.807, 2.05) is 23.7 Å². The van der Waals surface area contributed by atoms with Crippen LogP contribution in [-0.2, 0) is 13.1 Å². The van der Waals surface area contributed by atoms with Crippen molar-refractivity contribution in [2.45, 2.75) is 26.9 Å². The van der Waals surface area contributed by atoms with Gasteiger partial charge in [-0.15, -0.1) is 0 Å². The molecule has 1 N–H and O–H groups in total. The van der Waals surface area contributed by atoms with E-state index >= 15 is 0 Å². The number of aryl methyl sites for hydroxylation is 1. The van der Waals surface area contributed by atoms with Crippen LogP contribution in [0, 0.1) is 12.7 Å². The second kappa shape index (κ2) is 5.78. The van der Waals surface area contributed by atoms with Gasteiger partial charge in [0.1, 0.15) is 5.82 Å². The first-order valence-electron chi connectivity index (χ1n) is 6.17. The number of hydrogen-bond acceptors (Lipinski definition) is 2. The van der Waals surface area contributed by atoms with Crippen LogP contribution < -0.4 is 5.32 Å². The number of benzene rings is 1. The molecule has 4 heteroatoms. The first kappa shape index (κ1) is 12.8. The number of nitrogens with zero attached hydrogens (tertiary/aromatic N) is 2. The van der Waals surface area contributed by atoms with E-state index in [-0.39, 0.29) is 5.82 Å². The fourth-order valence-corrected chi connectivity index (χ4v) is 1.90. The summed E-state index contributed by atoms with van der Waals surface area (Å²) in [6, 6.07) is 6.88. The molecule has 0 unspecified atom stereocenters. The van der Waals surface area contributed by atoms with Crippen LogP contribution in [0.3, 0.4) is 0 Å². The van der Waals surface area contributed by atoms with E-state index in [0.717, 1.165) is 29.9 Å². The summed E-state index contributed by atoms with van der Waals surface area (Å²) in [7, 11) is 0. The van der Waals surface area contributed by atoms with Crippen LogP contribution in [0.25, 0.3) is 0 Å². The number of hydrogen-bond donors (Lipinski definition) is 1. The molecule has 0 aliphatic rings. The van der Waals surface area contributed by atoms with Crippen LogP contribution >= 0.6 is 0 Å². The minimum absolute atomic E-state index is 0.190. The molecular formula is C14H18FN3. The minimum Gasteiger partial charge on any atom is -0.311 e. The molecule has 96 valence electrons. The van der Waals surface area contributed by atoms with Crippen LogP contribution in [0.1, 0.15) is 23.7 Å². The second-order valence-corrected chi connectivity index (χ2v) is 4.33. The molecule has 0 fully saturated rings. The van der Waals surface area contributed by atoms with Gasteiger partial charge in [-0.3, -0.25) is 4.68 Å². The van der Waals surface area contributed by atoms with Gasteiger partial charge < -0.3 is 5.32 Å². The molecule has 2 rings (SSSR count). The molecule has 0 saturated heterocycles. The quantitative estimate of drug-likeness (QED) is 0.879. The van der Waals surface area contributed by atoms with Gasteiger partial charge in [-0.05, 0) is 42.8 Å². The van der Waals surface area contributed by atoms with Crippen molar-refractivity contribution in [3.05, 3.63) is 53.1 Å². The molecule has 0 radical (unpaired) electrons. The van der Waals surface area contributed by atoms with E-state index in [1.165, 1.54) is 6.07 Å². The van der Waals surface area contributed by atoms with Gasteiger partial charge >= 0.3 is 0 Å². The highest BCUT2D eigenvalue weighted by Gasteiger charge is 2.05. The Morgan fingerprint density at radius 3 is 2.89 bits per heavy atom. The fourth-order valence-electron chi connectivity index (χ4n) is 1.90. The van der Waals surface area contributed by atoms with Crippen LogP contribution in [-0.4, -0.2) is 16.3 Å². The first-order valence-corrected chi connectivity index (χ1v) is 6.17. The zero-order chi connectivity index (χ0) is 13.0. The van der Waals surface area contributed by atoms with Gasteiger partial charge in [-0.25, -0.2) is 4.39 Å². The average Bonchev–Trinajstić information content (AvgIpc) is 2.77. The van der Waals surface area contributed by atoms with Crippen LogP contribution in [0.2, 0.25) is 0 Å². The van der Waals surface area contributed by atoms with E-state index < -0.39 is 0 Å². The zero-order valence-electron chi connectivity index (χ0n) is 10.8. The summed E-state index contributed by atoms with van der Waals surface area (Å²) in [5.41, 5.74) is 3.19. The lowest BCUT2D eigenvalue weighted by Gasteiger charge is -2.10. The van der Waals surface area contributed by atoms with Crippen molar-refractivity contribution in [1.82, 2.24) is 15.1 Å². The third-order valence-electron chi connectivity index (χ3n) is 2.99. The molecule has 0 bridgehead atoms. The Labute approximate surface area is 107 Å². The number of halogens is 1. The van der Waals surface area contributed by atoms with Crippen molar-refractivity contribution in [1.29, 1.82) is 0 Å². The molecular weight excluding hydrogens is 229 g/mol. The maximum Gasteiger partial charge on any atom is 0.123 e. The maximum atomic E-state index is 13.0. The van der Waals surface area contributed by atoms with Crippen molar-refractivity contribution >= 4 is 0 Å². The maximum absolute atomic E-state index is 13.0. The third kappa shape index (κ3) is 2.96. The van der Waals surface area contributed by atoms with Gasteiger partial charge in [0.25, 0.3) is 0 Å². The van der Waals surface area contributed by atoms with E-state index in [1.54, 1.807) is 12.3 Å². The van der Waals surface area contributed by atoms with Crippen LogP contribution in [0.15, 0.2) is 30.5 Å². The SMILES string of the molecule is CCNCc1ccnn1Cc1ccc(F)cc1C. The molecule has 1 aromatic heterocycles. The largest absolute Gasteiger partial charge is 0.311 e. The van der Waals surface area contributed by atoms with Crippen molar-refractivity contribution < 1.29 is 4.39 Å². The fraction of sp³-hybridized carbons (Fsp3) is 0.357. The van der Waals surface area contributed by atoms with Crippen molar-refractivity contribution in [2.75, 3.05) is 6.54 Å². The molecule has 0 aliphatic carbocycles. The Hall–Kier alpha value is -1.68. The van der Waals surface area contributed by atoms with E-state index in [0.29, 0.717) is 6.54 Å². The predicted octanol–water partition coefficient (Wildman–Crippen LogP) is 2.49. The van der Waals surface area contributed by atoms with Gasteiger partial charge in [-0.2, -0.15) is 5.10 Å². The Kier molecular flexibility index (Phi) is 4.10. The number of nitrogens with one attached hydrogen (secondary N) is 1. The van der Waals surface area contributed by atoms with E-state index in [9.17, 15) is 4.39 Å². The summed E-state index contributed by atoms with van der Waals surface area (Å²) in [6.45, 7) is 6.41. The molecule has 1 aromatic carbocycles. The van der Waals surface area contributed by atoms with Crippen molar-refractivity contribution in [3.63, 3.8) is 0 Å². The molecule has 0 aliphatic heterocycles. The standard InChI is InChI=1S/C14H18FN3/c1-3-16-9-14-6-7-17-18(14)10-12-4-5-13(15)8-11(12)2/h4-8,16H,3,9-10H2,1-2H3. The smallest absolute Gasteiger partial charge is 0.123 e. The molecule has 0 amide bonds. The van der Waals surface area contributed by atoms with Gasteiger partial charge in [0.15, 0.2) is 0 Å². The third-order valence-corrected chi connectivity index (χ3v) is 2.99. The molecule has 0 spiro atoms. The summed E-state index contributed by atoms with van der Waals surface area (Å²) in [4.78, 5) is 0. The zero-order valence-corrected chi connectivity index (χ0v) is 10.8. The summed E-state index contributed by atoms with van der Waals surface area (Å²) in [6.07, 6.45) is 1.80. The van der Waals surface area contributed by atoms with Crippen LogP contribution in [0.5, 0.6) is 0 Å². The Balaban J connectivity index is 2.15. The minimum atomic E-state index is -0.190. The molecule has 18 heavy (non-hydrogen) atoms. The highest BCUT2D eigenvalue weighted by molar-refractivity contribution is 5.27. The summed E-state index contributed by atoms with van der Waals surface area (Å²) in [5, 5.41) is 7.59. The van der Waals surface area contributed by atoms with Gasteiger partial charge in [0, 0.05) is 12.7 Å². The van der Waals surface area contributed by atoms with Gasteiger partial charge in [-0.1, -0.05) is 13.0 Å². The highest BCUT2D eigenvalue weighted by Crippen LogP contribution is 2.12. The lowest BCUT2D eigenvalue weighted by molar-refractivity contribution is 0.599. The van der Waals surface area contributed by atoms with Crippen molar-refractivity contribution in [3.8, 4) is 0 Å². The van der Waals surface area contributed by atoms with Gasteiger partial charge in [0.2, 0.25) is 0 Å². The lowest BCUT2D eigenvalue weighted by Crippen LogP contribution is -2.16. The summed E-state index contributed by atoms with van der Waals surface area (Å²) < 4.78 is 15.0. The molecule has 3 nitrogen and oxygen atoms in total. The number of aromatic nitrogens is 2. The monoisotopic (exact) mass is 247 g/mol. The van der Waals surface area contributed by atoms with E-state index in [4.69, 9.17) is 0 Å². The van der Waals surface area contributed by atoms with E-state index in [2.05, 4.69) is 17.3 Å². The highest BCUT2D eigenvalue weighted by atomic mass is 19.1. The topological polar surface area (TPSA) is 29.9 Å². The predicted molar refractivity (Wildman–Crippen MR) is 69.8 cm³/mol. The van der Waals surface area contributed by atoms with Crippen molar-refractivity contribution in [2.24, 2.45) is 0 Å². The molecule has 0 saturated carbocycles. The Bertz CT molecular complexity index is 520. The summed E-state index contributed by atoms with van der Waals surface area (Å²) in [5.74, 6) is -0.190. The normalized spacial score (nSPS) is 10.8. The molecule has 1 heterocycles. The second-order valence-electron chi connectivity index (χ2n) is 4.33. The summed E-state index contributed by atoms with van der Waals surface area (Å²) >= 11 is 0. The lowest BCUT2D eigenvalue weighted by atomic mass is 10.1. The Morgan fingerprint density at radius 1 is 1.33 bits per heavy atom. The number of rotatable bonds is 5. The average molecular weight is 247 g/mol. The Morgan fingerprint density at radius 2 is 2.17 bits per heavy atom.